The van der Waals surface area contributed by atoms with Crippen LogP contribution in [0.5, 0.6) is 0 Å². The van der Waals surface area contributed by atoms with Crippen LogP contribution in [0, 0.1) is 5.82 Å². The van der Waals surface area contributed by atoms with E-state index in [1.807, 2.05) is 7.05 Å². The van der Waals surface area contributed by atoms with E-state index in [1.54, 1.807) is 12.1 Å². The summed E-state index contributed by atoms with van der Waals surface area (Å²) in [6.07, 6.45) is 0. The molecule has 1 saturated heterocycles. The molecule has 16 heavy (non-hydrogen) atoms. The first-order chi connectivity index (χ1) is 7.70. The van der Waals surface area contributed by atoms with E-state index in [2.05, 4.69) is 9.80 Å². The van der Waals surface area contributed by atoms with E-state index >= 15 is 0 Å². The predicted octanol–water partition coefficient (Wildman–Crippen LogP) is 0.938. The number of anilines is 1. The van der Waals surface area contributed by atoms with Crippen molar-refractivity contribution in [1.29, 1.82) is 0 Å². The number of piperazine rings is 1. The van der Waals surface area contributed by atoms with Crippen LogP contribution in [0.1, 0.15) is 0 Å². The number of hydrogen-bond donors (Lipinski definition) is 1. The number of halogens is 1. The summed E-state index contributed by atoms with van der Waals surface area (Å²) in [6, 6.07) is 6.56. The van der Waals surface area contributed by atoms with Crippen molar-refractivity contribution >= 4 is 5.69 Å². The molecule has 1 fully saturated rings. The van der Waals surface area contributed by atoms with Crippen LogP contribution in [-0.4, -0.2) is 49.3 Å². The van der Waals surface area contributed by atoms with Crippen molar-refractivity contribution in [2.45, 2.75) is 6.04 Å². The summed E-state index contributed by atoms with van der Waals surface area (Å²) in [5.74, 6) is -0.224. The van der Waals surface area contributed by atoms with Gasteiger partial charge in [0, 0.05) is 25.3 Å². The fraction of sp³-hybridized carbons (Fsp3) is 0.500. The normalized spacial score (nSPS) is 22.4. The molecule has 0 aromatic heterocycles. The Labute approximate surface area is 95.1 Å². The van der Waals surface area contributed by atoms with Crippen LogP contribution in [0.15, 0.2) is 24.3 Å². The third kappa shape index (κ3) is 2.33. The zero-order valence-corrected chi connectivity index (χ0v) is 9.43. The molecule has 0 radical (unpaired) electrons. The monoisotopic (exact) mass is 224 g/mol. The maximum Gasteiger partial charge on any atom is 0.123 e. The lowest BCUT2D eigenvalue weighted by Crippen LogP contribution is -2.53. The highest BCUT2D eigenvalue weighted by molar-refractivity contribution is 5.48. The van der Waals surface area contributed by atoms with Gasteiger partial charge in [0.15, 0.2) is 0 Å². The third-order valence-corrected chi connectivity index (χ3v) is 3.05. The largest absolute Gasteiger partial charge is 0.394 e. The number of nitrogens with zero attached hydrogens (tertiary/aromatic N) is 2. The molecule has 1 aliphatic rings. The van der Waals surface area contributed by atoms with Crippen molar-refractivity contribution < 1.29 is 9.50 Å². The number of likely N-dealkylation sites (N-methyl/N-ethyl adjacent to an activating group) is 1. The second-order valence-electron chi connectivity index (χ2n) is 4.27. The molecule has 0 spiro atoms. The Morgan fingerprint density at radius 1 is 1.31 bits per heavy atom. The molecule has 88 valence electrons. The van der Waals surface area contributed by atoms with Crippen LogP contribution in [0.3, 0.4) is 0 Å². The molecule has 0 bridgehead atoms. The summed E-state index contributed by atoms with van der Waals surface area (Å²) in [6.45, 7) is 2.80. The lowest BCUT2D eigenvalue weighted by Gasteiger charge is -2.40. The Morgan fingerprint density at radius 3 is 2.62 bits per heavy atom. The van der Waals surface area contributed by atoms with Crippen molar-refractivity contribution in [3.05, 3.63) is 30.1 Å². The van der Waals surface area contributed by atoms with Gasteiger partial charge in [0.2, 0.25) is 0 Å². The zero-order valence-electron chi connectivity index (χ0n) is 9.43. The molecule has 1 unspecified atom stereocenters. The predicted molar refractivity (Wildman–Crippen MR) is 62.1 cm³/mol. The standard InChI is InChI=1S/C12H17FN2O/c1-14-6-7-15(12(8-14)9-16)11-4-2-10(13)3-5-11/h2-5,12,16H,6-9H2,1H3. The number of hydrogen-bond acceptors (Lipinski definition) is 3. The fourth-order valence-electron chi connectivity index (χ4n) is 2.14. The molecule has 4 heteroatoms. The average Bonchev–Trinajstić information content (AvgIpc) is 2.30. The zero-order chi connectivity index (χ0) is 11.5. The van der Waals surface area contributed by atoms with E-state index in [4.69, 9.17) is 0 Å². The van der Waals surface area contributed by atoms with E-state index < -0.39 is 0 Å². The summed E-state index contributed by atoms with van der Waals surface area (Å²) in [5.41, 5.74) is 0.980. The third-order valence-electron chi connectivity index (χ3n) is 3.05. The van der Waals surface area contributed by atoms with Gasteiger partial charge in [-0.1, -0.05) is 0 Å². The van der Waals surface area contributed by atoms with E-state index in [0.29, 0.717) is 0 Å². The molecule has 1 heterocycles. The number of rotatable bonds is 2. The Morgan fingerprint density at radius 2 is 2.00 bits per heavy atom. The molecular formula is C12H17FN2O. The van der Waals surface area contributed by atoms with E-state index in [1.165, 1.54) is 12.1 Å². The van der Waals surface area contributed by atoms with Gasteiger partial charge in [-0.15, -0.1) is 0 Å². The molecule has 0 saturated carbocycles. The van der Waals surface area contributed by atoms with Crippen molar-refractivity contribution in [3.8, 4) is 0 Å². The minimum atomic E-state index is -0.224. The summed E-state index contributed by atoms with van der Waals surface area (Å²) >= 11 is 0. The minimum Gasteiger partial charge on any atom is -0.394 e. The summed E-state index contributed by atoms with van der Waals surface area (Å²) in [7, 11) is 2.05. The van der Waals surface area contributed by atoms with Crippen molar-refractivity contribution in [3.63, 3.8) is 0 Å². The summed E-state index contributed by atoms with van der Waals surface area (Å²) in [4.78, 5) is 4.33. The van der Waals surface area contributed by atoms with Gasteiger partial charge in [0.1, 0.15) is 5.82 Å². The maximum absolute atomic E-state index is 12.8. The lowest BCUT2D eigenvalue weighted by atomic mass is 10.1. The summed E-state index contributed by atoms with van der Waals surface area (Å²) in [5, 5.41) is 9.35. The first-order valence-corrected chi connectivity index (χ1v) is 5.52. The molecule has 1 aromatic rings. The highest BCUT2D eigenvalue weighted by Crippen LogP contribution is 2.20. The topological polar surface area (TPSA) is 26.7 Å². The molecule has 1 aromatic carbocycles. The second kappa shape index (κ2) is 4.80. The highest BCUT2D eigenvalue weighted by Gasteiger charge is 2.24. The summed E-state index contributed by atoms with van der Waals surface area (Å²) < 4.78 is 12.8. The SMILES string of the molecule is CN1CCN(c2ccc(F)cc2)C(CO)C1. The van der Waals surface area contributed by atoms with Crippen molar-refractivity contribution in [2.75, 3.05) is 38.2 Å². The van der Waals surface area contributed by atoms with Gasteiger partial charge in [-0.05, 0) is 31.3 Å². The minimum absolute atomic E-state index is 0.101. The second-order valence-corrected chi connectivity index (χ2v) is 4.27. The maximum atomic E-state index is 12.8. The molecule has 0 aliphatic carbocycles. The average molecular weight is 224 g/mol. The van der Waals surface area contributed by atoms with E-state index in [-0.39, 0.29) is 18.5 Å². The Bertz CT molecular complexity index is 341. The van der Waals surface area contributed by atoms with Crippen LogP contribution >= 0.6 is 0 Å². The number of aliphatic hydroxyl groups is 1. The molecule has 1 aliphatic heterocycles. The molecule has 3 nitrogen and oxygen atoms in total. The molecular weight excluding hydrogens is 207 g/mol. The first-order valence-electron chi connectivity index (χ1n) is 5.52. The molecule has 0 amide bonds. The van der Waals surface area contributed by atoms with Crippen LogP contribution in [0.25, 0.3) is 0 Å². The van der Waals surface area contributed by atoms with Crippen LogP contribution in [-0.2, 0) is 0 Å². The quantitative estimate of drug-likeness (QED) is 0.810. The van der Waals surface area contributed by atoms with Gasteiger partial charge in [0.25, 0.3) is 0 Å². The Kier molecular flexibility index (Phi) is 3.41. The van der Waals surface area contributed by atoms with Crippen molar-refractivity contribution in [2.24, 2.45) is 0 Å². The number of aliphatic hydroxyl groups excluding tert-OH is 1. The van der Waals surface area contributed by atoms with E-state index in [0.717, 1.165) is 25.3 Å². The van der Waals surface area contributed by atoms with Crippen molar-refractivity contribution in [1.82, 2.24) is 4.90 Å². The fourth-order valence-corrected chi connectivity index (χ4v) is 2.14. The van der Waals surface area contributed by atoms with Gasteiger partial charge >= 0.3 is 0 Å². The molecule has 2 rings (SSSR count). The van der Waals surface area contributed by atoms with Crippen LogP contribution in [0.4, 0.5) is 10.1 Å². The van der Waals surface area contributed by atoms with Gasteiger partial charge in [-0.3, -0.25) is 0 Å². The Balaban J connectivity index is 2.15. The van der Waals surface area contributed by atoms with Gasteiger partial charge in [-0.25, -0.2) is 4.39 Å². The van der Waals surface area contributed by atoms with Gasteiger partial charge < -0.3 is 14.9 Å². The van der Waals surface area contributed by atoms with Crippen LogP contribution in [0.2, 0.25) is 0 Å². The first kappa shape index (κ1) is 11.4. The van der Waals surface area contributed by atoms with Gasteiger partial charge in [0.05, 0.1) is 12.6 Å². The molecule has 1 N–H and O–H groups in total. The highest BCUT2D eigenvalue weighted by atomic mass is 19.1. The smallest absolute Gasteiger partial charge is 0.123 e. The number of benzene rings is 1. The lowest BCUT2D eigenvalue weighted by molar-refractivity contribution is 0.191. The molecule has 1 atom stereocenters. The van der Waals surface area contributed by atoms with Gasteiger partial charge in [-0.2, -0.15) is 0 Å². The Hall–Kier alpha value is -1.13. The van der Waals surface area contributed by atoms with Crippen LogP contribution < -0.4 is 4.90 Å². The van der Waals surface area contributed by atoms with E-state index in [9.17, 15) is 9.50 Å².